The fraction of sp³-hybridized carbons (Fsp3) is 0.161. The van der Waals surface area contributed by atoms with Crippen LogP contribution in [0.3, 0.4) is 0 Å². The molecule has 0 saturated carbocycles. The number of imidazole rings is 1. The molecule has 0 unspecified atom stereocenters. The van der Waals surface area contributed by atoms with Crippen LogP contribution >= 0.6 is 0 Å². The molecule has 0 aliphatic carbocycles. The number of hydrogen-bond acceptors (Lipinski definition) is 4. The third-order valence-corrected chi connectivity index (χ3v) is 6.57. The Morgan fingerprint density at radius 1 is 0.925 bits per heavy atom. The number of nitrogens with zero attached hydrogens (tertiary/aromatic N) is 3. The number of rotatable bonds is 5. The number of aromatic nitrogens is 5. The lowest BCUT2D eigenvalue weighted by atomic mass is 9.92. The van der Waals surface area contributed by atoms with Gasteiger partial charge in [0, 0.05) is 34.7 Å². The standard InChI is InChI=1S/C31H26F2N6O/c1-31(2,3)14-26(40)35-19-11-18(15-34-16-19)17-12-22-27(24(33)13-17)38-39-29(22)30-36-25-10-6-8-21(28(25)37-30)20-7-4-5-9-23(20)32/h4-13,15-16H,14H2,1-3H3,(H,35,40)(H,36,37)(H,38,39). The zero-order valence-electron chi connectivity index (χ0n) is 22.1. The van der Waals surface area contributed by atoms with Gasteiger partial charge >= 0.3 is 0 Å². The molecule has 0 bridgehead atoms. The van der Waals surface area contributed by atoms with Crippen LogP contribution < -0.4 is 5.32 Å². The fourth-order valence-corrected chi connectivity index (χ4v) is 4.82. The molecule has 0 aliphatic rings. The Balaban J connectivity index is 1.40. The van der Waals surface area contributed by atoms with Gasteiger partial charge in [-0.15, -0.1) is 0 Å². The maximum absolute atomic E-state index is 15.3. The van der Waals surface area contributed by atoms with Crippen molar-refractivity contribution in [1.82, 2.24) is 25.1 Å². The molecule has 40 heavy (non-hydrogen) atoms. The molecule has 9 heteroatoms. The lowest BCUT2D eigenvalue weighted by Crippen LogP contribution is -2.19. The van der Waals surface area contributed by atoms with Crippen molar-refractivity contribution < 1.29 is 13.6 Å². The van der Waals surface area contributed by atoms with Crippen LogP contribution in [0.5, 0.6) is 0 Å². The van der Waals surface area contributed by atoms with Crippen LogP contribution in [0.15, 0.2) is 73.1 Å². The fourth-order valence-electron chi connectivity index (χ4n) is 4.82. The highest BCUT2D eigenvalue weighted by molar-refractivity contribution is 5.99. The van der Waals surface area contributed by atoms with E-state index in [4.69, 9.17) is 4.98 Å². The van der Waals surface area contributed by atoms with E-state index in [0.29, 0.717) is 62.3 Å². The molecule has 0 radical (unpaired) electrons. The minimum Gasteiger partial charge on any atom is -0.337 e. The minimum atomic E-state index is -0.489. The molecule has 3 N–H and O–H groups in total. The first-order valence-electron chi connectivity index (χ1n) is 12.8. The van der Waals surface area contributed by atoms with Gasteiger partial charge in [0.1, 0.15) is 22.8 Å². The van der Waals surface area contributed by atoms with E-state index >= 15 is 4.39 Å². The van der Waals surface area contributed by atoms with Crippen molar-refractivity contribution in [2.45, 2.75) is 27.2 Å². The number of pyridine rings is 1. The highest BCUT2D eigenvalue weighted by atomic mass is 19.1. The number of nitrogens with one attached hydrogen (secondary N) is 3. The Labute approximate surface area is 228 Å². The van der Waals surface area contributed by atoms with Gasteiger partial charge in [0.05, 0.1) is 22.9 Å². The zero-order chi connectivity index (χ0) is 28.0. The number of benzene rings is 3. The number of fused-ring (bicyclic) bond motifs is 2. The summed E-state index contributed by atoms with van der Waals surface area (Å²) in [7, 11) is 0. The predicted octanol–water partition coefficient (Wildman–Crippen LogP) is 7.49. The third-order valence-electron chi connectivity index (χ3n) is 6.57. The number of carbonyl (C=O) groups is 1. The third kappa shape index (κ3) is 4.82. The smallest absolute Gasteiger partial charge is 0.224 e. The van der Waals surface area contributed by atoms with E-state index in [-0.39, 0.29) is 22.7 Å². The molecule has 3 heterocycles. The molecule has 0 aliphatic heterocycles. The van der Waals surface area contributed by atoms with Crippen LogP contribution in [0.1, 0.15) is 27.2 Å². The van der Waals surface area contributed by atoms with E-state index in [0.717, 1.165) is 0 Å². The van der Waals surface area contributed by atoms with Gasteiger partial charge in [-0.25, -0.2) is 13.8 Å². The summed E-state index contributed by atoms with van der Waals surface area (Å²) in [5.74, 6) is -0.536. The Morgan fingerprint density at radius 2 is 1.73 bits per heavy atom. The Morgan fingerprint density at radius 3 is 2.52 bits per heavy atom. The molecule has 200 valence electrons. The van der Waals surface area contributed by atoms with Gasteiger partial charge < -0.3 is 10.3 Å². The van der Waals surface area contributed by atoms with Gasteiger partial charge in [0.25, 0.3) is 0 Å². The van der Waals surface area contributed by atoms with Crippen LogP contribution in [-0.2, 0) is 4.79 Å². The van der Waals surface area contributed by atoms with E-state index in [1.807, 2.05) is 39.0 Å². The quantitative estimate of drug-likeness (QED) is 0.213. The van der Waals surface area contributed by atoms with Crippen molar-refractivity contribution in [2.24, 2.45) is 5.41 Å². The summed E-state index contributed by atoms with van der Waals surface area (Å²) in [6.07, 6.45) is 3.53. The van der Waals surface area contributed by atoms with Gasteiger partial charge in [0.15, 0.2) is 5.82 Å². The van der Waals surface area contributed by atoms with Crippen molar-refractivity contribution in [2.75, 3.05) is 5.32 Å². The van der Waals surface area contributed by atoms with Gasteiger partial charge in [-0.2, -0.15) is 5.10 Å². The summed E-state index contributed by atoms with van der Waals surface area (Å²) < 4.78 is 29.8. The van der Waals surface area contributed by atoms with E-state index < -0.39 is 5.82 Å². The number of H-pyrrole nitrogens is 2. The predicted molar refractivity (Wildman–Crippen MR) is 152 cm³/mol. The minimum absolute atomic E-state index is 0.121. The average molecular weight is 537 g/mol. The van der Waals surface area contributed by atoms with E-state index in [9.17, 15) is 9.18 Å². The lowest BCUT2D eigenvalue weighted by Gasteiger charge is -2.17. The number of aromatic amines is 2. The largest absolute Gasteiger partial charge is 0.337 e. The summed E-state index contributed by atoms with van der Waals surface area (Å²) in [4.78, 5) is 24.7. The topological polar surface area (TPSA) is 99.3 Å². The van der Waals surface area contributed by atoms with E-state index in [1.165, 1.54) is 12.1 Å². The number of para-hydroxylation sites is 1. The second kappa shape index (κ2) is 9.68. The van der Waals surface area contributed by atoms with Crippen molar-refractivity contribution in [3.05, 3.63) is 84.7 Å². The monoisotopic (exact) mass is 536 g/mol. The highest BCUT2D eigenvalue weighted by Gasteiger charge is 2.20. The molecule has 0 spiro atoms. The summed E-state index contributed by atoms with van der Waals surface area (Å²) in [5.41, 5.74) is 4.58. The normalized spacial score (nSPS) is 11.8. The zero-order valence-corrected chi connectivity index (χ0v) is 22.1. The molecule has 0 saturated heterocycles. The molecule has 0 fully saturated rings. The summed E-state index contributed by atoms with van der Waals surface area (Å²) in [6, 6.07) is 17.0. The Bertz CT molecular complexity index is 1900. The summed E-state index contributed by atoms with van der Waals surface area (Å²) >= 11 is 0. The van der Waals surface area contributed by atoms with Crippen LogP contribution in [0, 0.1) is 17.0 Å². The van der Waals surface area contributed by atoms with Gasteiger partial charge in [-0.05, 0) is 41.3 Å². The van der Waals surface area contributed by atoms with Crippen LogP contribution in [0.2, 0.25) is 0 Å². The van der Waals surface area contributed by atoms with Crippen LogP contribution in [0.4, 0.5) is 14.5 Å². The molecule has 1 amide bonds. The molecular formula is C31H26F2N6O. The van der Waals surface area contributed by atoms with E-state index in [1.54, 1.807) is 42.7 Å². The number of hydrogen-bond donors (Lipinski definition) is 3. The number of halogens is 2. The first-order chi connectivity index (χ1) is 19.2. The lowest BCUT2D eigenvalue weighted by molar-refractivity contribution is -0.117. The van der Waals surface area contributed by atoms with Gasteiger partial charge in [0.2, 0.25) is 5.91 Å². The van der Waals surface area contributed by atoms with Crippen LogP contribution in [0.25, 0.3) is 55.7 Å². The Kier molecular flexibility index (Phi) is 6.14. The molecule has 6 aromatic rings. The number of carbonyl (C=O) groups excluding carboxylic acids is 1. The second-order valence-corrected chi connectivity index (χ2v) is 11.0. The maximum atomic E-state index is 15.3. The van der Waals surface area contributed by atoms with Gasteiger partial charge in [-0.3, -0.25) is 14.9 Å². The second-order valence-electron chi connectivity index (χ2n) is 11.0. The first-order valence-corrected chi connectivity index (χ1v) is 12.8. The molecule has 0 atom stereocenters. The van der Waals surface area contributed by atoms with Crippen molar-refractivity contribution >= 4 is 33.5 Å². The maximum Gasteiger partial charge on any atom is 0.224 e. The van der Waals surface area contributed by atoms with Crippen molar-refractivity contribution in [3.8, 4) is 33.8 Å². The number of amides is 1. The SMILES string of the molecule is CC(C)(C)CC(=O)Nc1cncc(-c2cc(F)c3[nH]nc(-c4nc5c(-c6ccccc6F)cccc5[nH]4)c3c2)c1. The summed E-state index contributed by atoms with van der Waals surface area (Å²) in [6.45, 7) is 5.97. The molecule has 6 rings (SSSR count). The molecule has 7 nitrogen and oxygen atoms in total. The van der Waals surface area contributed by atoms with Crippen molar-refractivity contribution in [3.63, 3.8) is 0 Å². The Hall–Kier alpha value is -4.92. The number of anilines is 1. The molecular weight excluding hydrogens is 510 g/mol. The van der Waals surface area contributed by atoms with Crippen molar-refractivity contribution in [1.29, 1.82) is 0 Å². The summed E-state index contributed by atoms with van der Waals surface area (Å²) in [5, 5.41) is 10.5. The highest BCUT2D eigenvalue weighted by Crippen LogP contribution is 2.35. The first kappa shape index (κ1) is 25.4. The molecule has 3 aromatic carbocycles. The van der Waals surface area contributed by atoms with Crippen LogP contribution in [-0.4, -0.2) is 31.1 Å². The molecule has 3 aromatic heterocycles. The van der Waals surface area contributed by atoms with E-state index in [2.05, 4.69) is 25.5 Å². The average Bonchev–Trinajstić information content (AvgIpc) is 3.52. The van der Waals surface area contributed by atoms with Gasteiger partial charge in [-0.1, -0.05) is 51.1 Å².